The molecule has 0 heterocycles. The Morgan fingerprint density at radius 1 is 0.872 bits per heavy atom. The molecule has 0 saturated heterocycles. The van der Waals surface area contributed by atoms with E-state index < -0.39 is 11.4 Å². The lowest BCUT2D eigenvalue weighted by Gasteiger charge is -2.73. The van der Waals surface area contributed by atoms with Gasteiger partial charge in [0.05, 0.1) is 19.4 Å². The minimum atomic E-state index is -0.873. The van der Waals surface area contributed by atoms with Gasteiger partial charge in [-0.05, 0) is 148 Å². The van der Waals surface area contributed by atoms with Crippen molar-refractivity contribution in [2.75, 3.05) is 26.7 Å². The summed E-state index contributed by atoms with van der Waals surface area (Å²) in [5, 5.41) is 18.9. The summed E-state index contributed by atoms with van der Waals surface area (Å²) in [6.07, 6.45) is 13.5. The van der Waals surface area contributed by atoms with Crippen LogP contribution in [0.2, 0.25) is 0 Å². The summed E-state index contributed by atoms with van der Waals surface area (Å²) in [5.74, 6) is 2.09. The first-order valence-electron chi connectivity index (χ1n) is 19.1. The predicted octanol–water partition coefficient (Wildman–Crippen LogP) is 8.76. The lowest BCUT2D eigenvalue weighted by molar-refractivity contribution is -0.250. The van der Waals surface area contributed by atoms with Crippen molar-refractivity contribution in [3.63, 3.8) is 0 Å². The van der Waals surface area contributed by atoms with Crippen molar-refractivity contribution in [2.45, 2.75) is 145 Å². The summed E-state index contributed by atoms with van der Waals surface area (Å²) in [7, 11) is 2.17. The number of allylic oxidation sites excluding steroid dienone is 1. The molecule has 5 rings (SSSR count). The van der Waals surface area contributed by atoms with Crippen molar-refractivity contribution in [3.05, 3.63) is 12.2 Å². The van der Waals surface area contributed by atoms with Crippen LogP contribution in [0.3, 0.4) is 0 Å². The number of nitrogens with zero attached hydrogens (tertiary/aromatic N) is 1. The maximum Gasteiger partial charge on any atom is 0.306 e. The summed E-state index contributed by atoms with van der Waals surface area (Å²) < 4.78 is 6.28. The van der Waals surface area contributed by atoms with E-state index >= 15 is 0 Å². The first kappa shape index (κ1) is 36.9. The van der Waals surface area contributed by atoms with Crippen molar-refractivity contribution in [3.8, 4) is 0 Å². The second kappa shape index (κ2) is 12.7. The maximum absolute atomic E-state index is 13.2. The molecule has 5 aliphatic carbocycles. The zero-order valence-electron chi connectivity index (χ0n) is 31.6. The quantitative estimate of drug-likeness (QED) is 0.171. The lowest BCUT2D eigenvalue weighted by atomic mass is 9.32. The van der Waals surface area contributed by atoms with Crippen LogP contribution in [0.5, 0.6) is 0 Å². The number of carbonyl (C=O) groups excluding carboxylic acids is 1. The van der Waals surface area contributed by atoms with E-state index in [1.165, 1.54) is 63.4 Å². The normalized spacial score (nSPS) is 42.5. The topological polar surface area (TPSA) is 87.1 Å². The van der Waals surface area contributed by atoms with Crippen molar-refractivity contribution in [2.24, 2.45) is 62.1 Å². The molecule has 10 atom stereocenters. The highest BCUT2D eigenvalue weighted by molar-refractivity contribution is 5.73. The molecule has 6 heteroatoms. The van der Waals surface area contributed by atoms with Gasteiger partial charge in [-0.3, -0.25) is 9.59 Å². The predicted molar refractivity (Wildman–Crippen MR) is 189 cm³/mol. The number of fused-ring (bicyclic) bond motifs is 7. The number of likely N-dealkylation sites (N-methyl/N-ethyl adjacent to an activating group) is 1. The average molecular weight is 656 g/mol. The van der Waals surface area contributed by atoms with Crippen LogP contribution in [0.4, 0.5) is 0 Å². The third-order valence-electron chi connectivity index (χ3n) is 16.2. The molecule has 0 bridgehead atoms. The zero-order chi connectivity index (χ0) is 34.8. The molecule has 0 radical (unpaired) electrons. The van der Waals surface area contributed by atoms with Gasteiger partial charge < -0.3 is 19.8 Å². The first-order valence-corrected chi connectivity index (χ1v) is 19.1. The van der Waals surface area contributed by atoms with E-state index in [2.05, 4.69) is 60.1 Å². The monoisotopic (exact) mass is 656 g/mol. The van der Waals surface area contributed by atoms with Crippen LogP contribution in [-0.2, 0) is 14.3 Å². The van der Waals surface area contributed by atoms with E-state index in [1.54, 1.807) is 0 Å². The Bertz CT molecular complexity index is 1210. The van der Waals surface area contributed by atoms with Crippen LogP contribution in [0.15, 0.2) is 12.2 Å². The number of aliphatic hydroxyl groups excluding tert-OH is 1. The molecule has 47 heavy (non-hydrogen) atoms. The van der Waals surface area contributed by atoms with Gasteiger partial charge in [0.2, 0.25) is 0 Å². The molecule has 268 valence electrons. The minimum absolute atomic E-state index is 0.0350. The summed E-state index contributed by atoms with van der Waals surface area (Å²) in [6, 6.07) is 0. The number of carbonyl (C=O) groups is 2. The van der Waals surface area contributed by atoms with Crippen molar-refractivity contribution in [1.29, 1.82) is 0 Å². The molecule has 5 fully saturated rings. The van der Waals surface area contributed by atoms with Gasteiger partial charge in [0, 0.05) is 12.0 Å². The highest BCUT2D eigenvalue weighted by Crippen LogP contribution is 2.78. The van der Waals surface area contributed by atoms with E-state index in [1.807, 2.05) is 13.8 Å². The van der Waals surface area contributed by atoms with E-state index in [0.29, 0.717) is 34.5 Å². The first-order chi connectivity index (χ1) is 21.8. The summed E-state index contributed by atoms with van der Waals surface area (Å²) in [6.45, 7) is 25.3. The van der Waals surface area contributed by atoms with Gasteiger partial charge in [-0.15, -0.1) is 0 Å². The zero-order valence-corrected chi connectivity index (χ0v) is 31.6. The number of carboxylic acid groups (broad SMARTS) is 1. The van der Waals surface area contributed by atoms with Crippen molar-refractivity contribution in [1.82, 2.24) is 4.90 Å². The van der Waals surface area contributed by atoms with Crippen LogP contribution in [0.1, 0.15) is 139 Å². The smallest absolute Gasteiger partial charge is 0.306 e. The Morgan fingerprint density at radius 3 is 2.21 bits per heavy atom. The van der Waals surface area contributed by atoms with Gasteiger partial charge in [0.1, 0.15) is 6.10 Å². The summed E-state index contributed by atoms with van der Waals surface area (Å²) in [5.41, 5.74) is 1.84. The number of aliphatic hydroxyl groups is 1. The van der Waals surface area contributed by atoms with E-state index in [0.717, 1.165) is 31.8 Å². The summed E-state index contributed by atoms with van der Waals surface area (Å²) in [4.78, 5) is 26.9. The minimum Gasteiger partial charge on any atom is -0.481 e. The number of hydrogen-bond acceptors (Lipinski definition) is 5. The number of carboxylic acids is 1. The van der Waals surface area contributed by atoms with Crippen LogP contribution >= 0.6 is 0 Å². The molecule has 6 nitrogen and oxygen atoms in total. The molecule has 2 N–H and O–H groups in total. The van der Waals surface area contributed by atoms with Gasteiger partial charge in [-0.25, -0.2) is 0 Å². The van der Waals surface area contributed by atoms with Gasteiger partial charge >= 0.3 is 11.9 Å². The van der Waals surface area contributed by atoms with E-state index in [9.17, 15) is 19.8 Å². The Kier molecular flexibility index (Phi) is 9.99. The molecule has 0 amide bonds. The summed E-state index contributed by atoms with van der Waals surface area (Å²) >= 11 is 0. The molecule has 5 saturated carbocycles. The van der Waals surface area contributed by atoms with Gasteiger partial charge in [0.25, 0.3) is 0 Å². The van der Waals surface area contributed by atoms with Crippen LogP contribution in [0, 0.1) is 62.1 Å². The van der Waals surface area contributed by atoms with Crippen molar-refractivity contribution >= 4 is 11.9 Å². The van der Waals surface area contributed by atoms with Gasteiger partial charge in [0.15, 0.2) is 0 Å². The fraction of sp³-hybridized carbons (Fsp3) is 0.902. The molecule has 0 spiro atoms. The Balaban J connectivity index is 1.38. The molecular formula is C41H69NO5. The Hall–Kier alpha value is -1.40. The van der Waals surface area contributed by atoms with Crippen LogP contribution in [0.25, 0.3) is 0 Å². The standard InChI is InChI=1S/C41H69NO5/c1-27(2)28-13-18-41(21-22-42(10)23-24-43)20-19-39(8)29(35(28)41)11-12-31-38(7)16-15-32(37(5,6)30(38)14-17-40(31,39)9)47-34(46)26-36(3,4)25-33(44)45/h28-32,35,43H,1,11-26H2,2-10H3,(H,44,45)/t28-,29+,30-,31+,32-,35+,38-,39+,40+,41+/m0/s1. The van der Waals surface area contributed by atoms with Crippen molar-refractivity contribution < 1.29 is 24.5 Å². The van der Waals surface area contributed by atoms with Gasteiger partial charge in [-0.2, -0.15) is 0 Å². The van der Waals surface area contributed by atoms with E-state index in [4.69, 9.17) is 4.74 Å². The molecule has 5 aliphatic rings. The second-order valence-electron chi connectivity index (χ2n) is 19.6. The third-order valence-corrected chi connectivity index (χ3v) is 16.2. The molecule has 0 aromatic heterocycles. The van der Waals surface area contributed by atoms with E-state index in [-0.39, 0.29) is 47.8 Å². The Labute approximate surface area is 286 Å². The second-order valence-corrected chi connectivity index (χ2v) is 19.6. The fourth-order valence-electron chi connectivity index (χ4n) is 13.7. The number of rotatable bonds is 11. The largest absolute Gasteiger partial charge is 0.481 e. The number of hydrogen-bond donors (Lipinski definition) is 2. The lowest BCUT2D eigenvalue weighted by Crippen LogP contribution is -2.66. The Morgan fingerprint density at radius 2 is 1.57 bits per heavy atom. The number of ether oxygens (including phenoxy) is 1. The number of aliphatic carboxylic acids is 1. The fourth-order valence-corrected chi connectivity index (χ4v) is 13.7. The molecule has 0 aliphatic heterocycles. The number of esters is 1. The highest BCUT2D eigenvalue weighted by atomic mass is 16.5. The SMILES string of the molecule is C=C(C)[C@@H]1CC[C@]2(CCN(C)CCO)CC[C@]3(C)[C@H](CC[C@@H]4[C@@]5(C)CC[C@H](OC(=O)CC(C)(C)CC(=O)O)C(C)(C)[C@@H]5CC[C@]43C)[C@@H]12. The average Bonchev–Trinajstić information content (AvgIpc) is 3.33. The molecule has 0 unspecified atom stereocenters. The van der Waals surface area contributed by atoms with Crippen LogP contribution < -0.4 is 0 Å². The molecule has 0 aromatic carbocycles. The van der Waals surface area contributed by atoms with Crippen LogP contribution in [-0.4, -0.2) is 59.9 Å². The molecule has 0 aromatic rings. The van der Waals surface area contributed by atoms with Gasteiger partial charge in [-0.1, -0.05) is 60.6 Å². The maximum atomic E-state index is 13.2. The highest BCUT2D eigenvalue weighted by Gasteiger charge is 2.71. The third kappa shape index (κ3) is 6.16. The molecular weight excluding hydrogens is 586 g/mol.